The van der Waals surface area contributed by atoms with E-state index in [2.05, 4.69) is 10.3 Å². The van der Waals surface area contributed by atoms with Crippen molar-refractivity contribution >= 4 is 5.69 Å². The number of pyridine rings is 1. The van der Waals surface area contributed by atoms with Gasteiger partial charge >= 0.3 is 0 Å². The Morgan fingerprint density at radius 1 is 1.54 bits per heavy atom. The second kappa shape index (κ2) is 3.75. The van der Waals surface area contributed by atoms with Crippen LogP contribution in [0.2, 0.25) is 0 Å². The molecule has 1 rings (SSSR count). The average molecular weight is 180 g/mol. The van der Waals surface area contributed by atoms with Crippen LogP contribution in [0.25, 0.3) is 0 Å². The molecule has 0 saturated carbocycles. The van der Waals surface area contributed by atoms with Crippen molar-refractivity contribution in [2.75, 3.05) is 11.9 Å². The number of aliphatic hydroxyl groups is 1. The van der Waals surface area contributed by atoms with Gasteiger partial charge in [0.2, 0.25) is 0 Å². The fraction of sp³-hybridized carbons (Fsp3) is 0.500. The molecule has 2 N–H and O–H groups in total. The van der Waals surface area contributed by atoms with E-state index >= 15 is 0 Å². The SMILES string of the molecule is Cc1cc(NCC(C)(C)O)ccn1. The predicted molar refractivity (Wildman–Crippen MR) is 53.8 cm³/mol. The number of hydrogen-bond acceptors (Lipinski definition) is 3. The third kappa shape index (κ3) is 3.90. The lowest BCUT2D eigenvalue weighted by Crippen LogP contribution is -2.29. The van der Waals surface area contributed by atoms with Gasteiger partial charge in [-0.1, -0.05) is 0 Å². The highest BCUT2D eigenvalue weighted by Crippen LogP contribution is 2.09. The Kier molecular flexibility index (Phi) is 2.88. The van der Waals surface area contributed by atoms with Crippen molar-refractivity contribution in [1.29, 1.82) is 0 Å². The van der Waals surface area contributed by atoms with Crippen LogP contribution in [-0.4, -0.2) is 22.2 Å². The first-order valence-electron chi connectivity index (χ1n) is 4.36. The first-order valence-corrected chi connectivity index (χ1v) is 4.36. The second-order valence-corrected chi connectivity index (χ2v) is 3.85. The van der Waals surface area contributed by atoms with Gasteiger partial charge in [-0.2, -0.15) is 0 Å². The Morgan fingerprint density at radius 3 is 2.77 bits per heavy atom. The molecule has 3 heteroatoms. The summed E-state index contributed by atoms with van der Waals surface area (Å²) in [6.45, 7) is 6.02. The molecule has 0 aliphatic heterocycles. The van der Waals surface area contributed by atoms with Crippen molar-refractivity contribution in [2.24, 2.45) is 0 Å². The second-order valence-electron chi connectivity index (χ2n) is 3.85. The van der Waals surface area contributed by atoms with Gasteiger partial charge in [0.15, 0.2) is 0 Å². The summed E-state index contributed by atoms with van der Waals surface area (Å²) in [5.41, 5.74) is 1.28. The van der Waals surface area contributed by atoms with Crippen LogP contribution in [0.3, 0.4) is 0 Å². The minimum Gasteiger partial charge on any atom is -0.389 e. The number of rotatable bonds is 3. The van der Waals surface area contributed by atoms with Crippen LogP contribution in [0.5, 0.6) is 0 Å². The average Bonchev–Trinajstić information content (AvgIpc) is 2.00. The topological polar surface area (TPSA) is 45.1 Å². The zero-order chi connectivity index (χ0) is 9.90. The molecule has 0 atom stereocenters. The van der Waals surface area contributed by atoms with Gasteiger partial charge in [0.05, 0.1) is 5.60 Å². The Balaban J connectivity index is 2.55. The third-order valence-corrected chi connectivity index (χ3v) is 1.62. The van der Waals surface area contributed by atoms with Crippen LogP contribution >= 0.6 is 0 Å². The van der Waals surface area contributed by atoms with Gasteiger partial charge < -0.3 is 10.4 Å². The van der Waals surface area contributed by atoms with Crippen LogP contribution in [0.15, 0.2) is 18.3 Å². The number of aromatic nitrogens is 1. The van der Waals surface area contributed by atoms with E-state index in [1.165, 1.54) is 0 Å². The Bertz CT molecular complexity index is 278. The molecule has 0 fully saturated rings. The zero-order valence-electron chi connectivity index (χ0n) is 8.33. The fourth-order valence-corrected chi connectivity index (χ4v) is 0.974. The minimum atomic E-state index is -0.683. The molecule has 72 valence electrons. The van der Waals surface area contributed by atoms with Crippen molar-refractivity contribution in [3.05, 3.63) is 24.0 Å². The summed E-state index contributed by atoms with van der Waals surface area (Å²) in [6, 6.07) is 3.84. The first kappa shape index (κ1) is 9.99. The molecule has 0 aromatic carbocycles. The fourth-order valence-electron chi connectivity index (χ4n) is 0.974. The first-order chi connectivity index (χ1) is 5.97. The van der Waals surface area contributed by atoms with Crippen molar-refractivity contribution in [1.82, 2.24) is 4.98 Å². The Labute approximate surface area is 78.8 Å². The van der Waals surface area contributed by atoms with Crippen molar-refractivity contribution < 1.29 is 5.11 Å². The summed E-state index contributed by atoms with van der Waals surface area (Å²) < 4.78 is 0. The molecule has 1 heterocycles. The summed E-state index contributed by atoms with van der Waals surface area (Å²) in [7, 11) is 0. The molecule has 13 heavy (non-hydrogen) atoms. The Morgan fingerprint density at radius 2 is 2.23 bits per heavy atom. The van der Waals surface area contributed by atoms with E-state index in [4.69, 9.17) is 0 Å². The molecule has 0 bridgehead atoms. The highest BCUT2D eigenvalue weighted by Gasteiger charge is 2.11. The van der Waals surface area contributed by atoms with Crippen LogP contribution in [0.1, 0.15) is 19.5 Å². The van der Waals surface area contributed by atoms with Crippen LogP contribution in [-0.2, 0) is 0 Å². The lowest BCUT2D eigenvalue weighted by Gasteiger charge is -2.18. The zero-order valence-corrected chi connectivity index (χ0v) is 8.33. The highest BCUT2D eigenvalue weighted by atomic mass is 16.3. The standard InChI is InChI=1S/C10H16N2O/c1-8-6-9(4-5-11-8)12-7-10(2,3)13/h4-6,13H,7H2,1-3H3,(H,11,12). The number of nitrogens with zero attached hydrogens (tertiary/aromatic N) is 1. The van der Waals surface area contributed by atoms with Gasteiger partial charge in [-0.05, 0) is 32.9 Å². The lowest BCUT2D eigenvalue weighted by molar-refractivity contribution is 0.0945. The van der Waals surface area contributed by atoms with E-state index in [-0.39, 0.29) is 0 Å². The van der Waals surface area contributed by atoms with E-state index in [0.29, 0.717) is 6.54 Å². The molecule has 0 radical (unpaired) electrons. The highest BCUT2D eigenvalue weighted by molar-refractivity contribution is 5.43. The van der Waals surface area contributed by atoms with Crippen LogP contribution in [0.4, 0.5) is 5.69 Å². The van der Waals surface area contributed by atoms with E-state index in [1.807, 2.05) is 19.1 Å². The van der Waals surface area contributed by atoms with Crippen molar-refractivity contribution in [2.45, 2.75) is 26.4 Å². The lowest BCUT2D eigenvalue weighted by atomic mass is 10.1. The van der Waals surface area contributed by atoms with Crippen molar-refractivity contribution in [3.63, 3.8) is 0 Å². The normalized spacial score (nSPS) is 11.4. The quantitative estimate of drug-likeness (QED) is 0.742. The maximum absolute atomic E-state index is 9.47. The monoisotopic (exact) mass is 180 g/mol. The molecule has 0 unspecified atom stereocenters. The van der Waals surface area contributed by atoms with Gasteiger partial charge in [-0.25, -0.2) is 0 Å². The van der Waals surface area contributed by atoms with E-state index in [9.17, 15) is 5.11 Å². The van der Waals surface area contributed by atoms with Crippen LogP contribution in [0, 0.1) is 6.92 Å². The van der Waals surface area contributed by atoms with E-state index in [1.54, 1.807) is 20.0 Å². The number of nitrogens with one attached hydrogen (secondary N) is 1. The molecule has 0 saturated heterocycles. The third-order valence-electron chi connectivity index (χ3n) is 1.62. The number of aryl methyl sites for hydroxylation is 1. The largest absolute Gasteiger partial charge is 0.389 e. The van der Waals surface area contributed by atoms with Crippen molar-refractivity contribution in [3.8, 4) is 0 Å². The smallest absolute Gasteiger partial charge is 0.0763 e. The van der Waals surface area contributed by atoms with Gasteiger partial charge in [0.25, 0.3) is 0 Å². The van der Waals surface area contributed by atoms with E-state index < -0.39 is 5.60 Å². The van der Waals surface area contributed by atoms with Gasteiger partial charge in [-0.3, -0.25) is 4.98 Å². The molecule has 0 amide bonds. The van der Waals surface area contributed by atoms with E-state index in [0.717, 1.165) is 11.4 Å². The summed E-state index contributed by atoms with van der Waals surface area (Å²) in [5.74, 6) is 0. The molecule has 1 aromatic heterocycles. The maximum atomic E-state index is 9.47. The molecular formula is C10H16N2O. The minimum absolute atomic E-state index is 0.538. The summed E-state index contributed by atoms with van der Waals surface area (Å²) in [6.07, 6.45) is 1.75. The maximum Gasteiger partial charge on any atom is 0.0763 e. The Hall–Kier alpha value is -1.09. The van der Waals surface area contributed by atoms with Crippen LogP contribution < -0.4 is 5.32 Å². The molecule has 0 spiro atoms. The van der Waals surface area contributed by atoms with Gasteiger partial charge in [-0.15, -0.1) is 0 Å². The summed E-state index contributed by atoms with van der Waals surface area (Å²) in [4.78, 5) is 4.08. The summed E-state index contributed by atoms with van der Waals surface area (Å²) >= 11 is 0. The molecule has 1 aromatic rings. The molecular weight excluding hydrogens is 164 g/mol. The summed E-state index contributed by atoms with van der Waals surface area (Å²) in [5, 5.41) is 12.6. The van der Waals surface area contributed by atoms with Gasteiger partial charge in [0, 0.05) is 24.1 Å². The number of hydrogen-bond donors (Lipinski definition) is 2. The molecule has 0 aliphatic rings. The predicted octanol–water partition coefficient (Wildman–Crippen LogP) is 1.57. The molecule has 3 nitrogen and oxygen atoms in total. The number of anilines is 1. The van der Waals surface area contributed by atoms with Gasteiger partial charge in [0.1, 0.15) is 0 Å². The molecule has 0 aliphatic carbocycles.